The lowest BCUT2D eigenvalue weighted by molar-refractivity contribution is 0.0705. The molecule has 1 aliphatic carbocycles. The Morgan fingerprint density at radius 1 is 1.15 bits per heavy atom. The van der Waals surface area contributed by atoms with Gasteiger partial charge >= 0.3 is 0 Å². The van der Waals surface area contributed by atoms with E-state index in [-0.39, 0.29) is 5.91 Å². The molecule has 3 nitrogen and oxygen atoms in total. The summed E-state index contributed by atoms with van der Waals surface area (Å²) in [7, 11) is 0. The van der Waals surface area contributed by atoms with Gasteiger partial charge < -0.3 is 10.6 Å². The predicted molar refractivity (Wildman–Crippen MR) is 80.5 cm³/mol. The first-order chi connectivity index (χ1) is 9.72. The fourth-order valence-corrected chi connectivity index (χ4v) is 3.77. The highest BCUT2D eigenvalue weighted by molar-refractivity contribution is 6.04. The SMILES string of the molecule is Nc1cc2ccccc2cc1C(=O)N1CC2CCC1C2. The van der Waals surface area contributed by atoms with Crippen molar-refractivity contribution < 1.29 is 4.79 Å². The van der Waals surface area contributed by atoms with Crippen LogP contribution in [0.4, 0.5) is 5.69 Å². The summed E-state index contributed by atoms with van der Waals surface area (Å²) in [6, 6.07) is 12.3. The summed E-state index contributed by atoms with van der Waals surface area (Å²) in [6.07, 6.45) is 3.62. The third-order valence-electron chi connectivity index (χ3n) is 4.82. The first-order valence-electron chi connectivity index (χ1n) is 7.31. The predicted octanol–water partition coefficient (Wildman–Crippen LogP) is 3.05. The number of nitrogens with zero attached hydrogens (tertiary/aromatic N) is 1. The Labute approximate surface area is 118 Å². The molecule has 102 valence electrons. The van der Waals surface area contributed by atoms with Gasteiger partial charge in [0.05, 0.1) is 5.56 Å². The summed E-state index contributed by atoms with van der Waals surface area (Å²) < 4.78 is 0. The molecule has 20 heavy (non-hydrogen) atoms. The minimum absolute atomic E-state index is 0.112. The van der Waals surface area contributed by atoms with Gasteiger partial charge in [-0.05, 0) is 48.1 Å². The van der Waals surface area contributed by atoms with Crippen molar-refractivity contribution in [3.05, 3.63) is 42.0 Å². The van der Waals surface area contributed by atoms with E-state index in [2.05, 4.69) is 0 Å². The minimum Gasteiger partial charge on any atom is -0.398 e. The summed E-state index contributed by atoms with van der Waals surface area (Å²) in [5.74, 6) is 0.825. The van der Waals surface area contributed by atoms with E-state index >= 15 is 0 Å². The lowest BCUT2D eigenvalue weighted by Gasteiger charge is -2.27. The molecule has 2 bridgehead atoms. The average Bonchev–Trinajstić information content (AvgIpc) is 3.08. The lowest BCUT2D eigenvalue weighted by atomic mass is 10.0. The number of carbonyl (C=O) groups is 1. The molecular weight excluding hydrogens is 248 g/mol. The number of rotatable bonds is 1. The normalized spacial score (nSPS) is 24.5. The number of hydrogen-bond acceptors (Lipinski definition) is 2. The molecule has 3 heteroatoms. The summed E-state index contributed by atoms with van der Waals surface area (Å²) in [5.41, 5.74) is 7.36. The monoisotopic (exact) mass is 266 g/mol. The van der Waals surface area contributed by atoms with Gasteiger partial charge in [0.25, 0.3) is 5.91 Å². The van der Waals surface area contributed by atoms with Crippen LogP contribution >= 0.6 is 0 Å². The van der Waals surface area contributed by atoms with Crippen molar-refractivity contribution in [2.75, 3.05) is 12.3 Å². The Morgan fingerprint density at radius 2 is 1.90 bits per heavy atom. The van der Waals surface area contributed by atoms with Crippen LogP contribution in [0.5, 0.6) is 0 Å². The van der Waals surface area contributed by atoms with E-state index in [9.17, 15) is 4.79 Å². The number of likely N-dealkylation sites (tertiary alicyclic amines) is 1. The second kappa shape index (κ2) is 4.23. The summed E-state index contributed by atoms with van der Waals surface area (Å²) in [4.78, 5) is 14.8. The van der Waals surface area contributed by atoms with E-state index in [1.165, 1.54) is 12.8 Å². The molecule has 4 rings (SSSR count). The summed E-state index contributed by atoms with van der Waals surface area (Å²) in [5, 5.41) is 2.17. The molecule has 0 radical (unpaired) electrons. The number of piperidine rings is 1. The van der Waals surface area contributed by atoms with Crippen LogP contribution < -0.4 is 5.73 Å². The highest BCUT2D eigenvalue weighted by Crippen LogP contribution is 2.38. The summed E-state index contributed by atoms with van der Waals surface area (Å²) >= 11 is 0. The average molecular weight is 266 g/mol. The lowest BCUT2D eigenvalue weighted by Crippen LogP contribution is -2.37. The number of fused-ring (bicyclic) bond motifs is 3. The van der Waals surface area contributed by atoms with Gasteiger partial charge in [-0.2, -0.15) is 0 Å². The van der Waals surface area contributed by atoms with Crippen LogP contribution in [-0.2, 0) is 0 Å². The van der Waals surface area contributed by atoms with Gasteiger partial charge in [-0.25, -0.2) is 0 Å². The molecule has 1 heterocycles. The molecule has 2 fully saturated rings. The van der Waals surface area contributed by atoms with Gasteiger partial charge in [0.1, 0.15) is 0 Å². The van der Waals surface area contributed by atoms with Gasteiger partial charge in [0.2, 0.25) is 0 Å². The van der Waals surface area contributed by atoms with Crippen molar-refractivity contribution in [3.8, 4) is 0 Å². The highest BCUT2D eigenvalue weighted by Gasteiger charge is 2.40. The summed E-state index contributed by atoms with van der Waals surface area (Å²) in [6.45, 7) is 0.912. The number of nitrogen functional groups attached to an aromatic ring is 1. The molecule has 0 aromatic heterocycles. The zero-order chi connectivity index (χ0) is 13.7. The third kappa shape index (κ3) is 1.69. The molecular formula is C17H18N2O. The molecule has 1 saturated heterocycles. The van der Waals surface area contributed by atoms with Crippen molar-refractivity contribution in [1.82, 2.24) is 4.90 Å². The zero-order valence-corrected chi connectivity index (χ0v) is 11.4. The topological polar surface area (TPSA) is 46.3 Å². The van der Waals surface area contributed by atoms with Crippen molar-refractivity contribution in [2.24, 2.45) is 5.92 Å². The van der Waals surface area contributed by atoms with E-state index in [1.54, 1.807) is 0 Å². The van der Waals surface area contributed by atoms with Gasteiger partial charge in [-0.1, -0.05) is 24.3 Å². The van der Waals surface area contributed by atoms with Crippen molar-refractivity contribution in [3.63, 3.8) is 0 Å². The van der Waals surface area contributed by atoms with Crippen LogP contribution in [0.2, 0.25) is 0 Å². The molecule has 2 N–H and O–H groups in total. The first kappa shape index (κ1) is 11.8. The van der Waals surface area contributed by atoms with E-state index in [1.807, 2.05) is 41.3 Å². The molecule has 2 aromatic rings. The largest absolute Gasteiger partial charge is 0.398 e. The molecule has 2 aliphatic rings. The van der Waals surface area contributed by atoms with Gasteiger partial charge in [0.15, 0.2) is 0 Å². The molecule has 0 spiro atoms. The second-order valence-corrected chi connectivity index (χ2v) is 6.08. The Balaban J connectivity index is 1.74. The third-order valence-corrected chi connectivity index (χ3v) is 4.82. The van der Waals surface area contributed by atoms with E-state index < -0.39 is 0 Å². The molecule has 1 saturated carbocycles. The van der Waals surface area contributed by atoms with Crippen LogP contribution in [0, 0.1) is 5.92 Å². The molecule has 2 unspecified atom stereocenters. The highest BCUT2D eigenvalue weighted by atomic mass is 16.2. The minimum atomic E-state index is 0.112. The fraction of sp³-hybridized carbons (Fsp3) is 0.353. The Morgan fingerprint density at radius 3 is 2.55 bits per heavy atom. The quantitative estimate of drug-likeness (QED) is 0.806. The molecule has 1 aliphatic heterocycles. The van der Waals surface area contributed by atoms with Gasteiger partial charge in [0, 0.05) is 18.3 Å². The number of benzene rings is 2. The standard InChI is InChI=1S/C17H18N2O/c18-16-9-13-4-2-1-3-12(13)8-15(16)17(20)19-10-11-5-6-14(19)7-11/h1-4,8-9,11,14H,5-7,10,18H2. The number of amides is 1. The number of carbonyl (C=O) groups excluding carboxylic acids is 1. The fourth-order valence-electron chi connectivity index (χ4n) is 3.77. The molecule has 2 atom stereocenters. The van der Waals surface area contributed by atoms with Gasteiger partial charge in [-0.3, -0.25) is 4.79 Å². The van der Waals surface area contributed by atoms with Gasteiger partial charge in [-0.15, -0.1) is 0 Å². The van der Waals surface area contributed by atoms with Crippen molar-refractivity contribution in [1.29, 1.82) is 0 Å². The van der Waals surface area contributed by atoms with Crippen LogP contribution in [0.3, 0.4) is 0 Å². The van der Waals surface area contributed by atoms with E-state index in [0.717, 1.165) is 23.7 Å². The maximum atomic E-state index is 12.7. The molecule has 2 aromatic carbocycles. The second-order valence-electron chi connectivity index (χ2n) is 6.08. The van der Waals surface area contributed by atoms with Crippen LogP contribution in [0.25, 0.3) is 10.8 Å². The zero-order valence-electron chi connectivity index (χ0n) is 11.4. The van der Waals surface area contributed by atoms with E-state index in [4.69, 9.17) is 5.73 Å². The number of hydrogen-bond donors (Lipinski definition) is 1. The van der Waals surface area contributed by atoms with Crippen molar-refractivity contribution in [2.45, 2.75) is 25.3 Å². The number of anilines is 1. The van der Waals surface area contributed by atoms with Crippen LogP contribution in [0.15, 0.2) is 36.4 Å². The Bertz CT molecular complexity index is 694. The van der Waals surface area contributed by atoms with E-state index in [0.29, 0.717) is 23.2 Å². The molecule has 1 amide bonds. The maximum absolute atomic E-state index is 12.7. The smallest absolute Gasteiger partial charge is 0.256 e. The first-order valence-corrected chi connectivity index (χ1v) is 7.31. The van der Waals surface area contributed by atoms with Crippen molar-refractivity contribution >= 4 is 22.4 Å². The van der Waals surface area contributed by atoms with Crippen LogP contribution in [0.1, 0.15) is 29.6 Å². The maximum Gasteiger partial charge on any atom is 0.256 e. The number of nitrogens with two attached hydrogens (primary N) is 1. The Kier molecular flexibility index (Phi) is 2.49. The Hall–Kier alpha value is -2.03. The van der Waals surface area contributed by atoms with Crippen LogP contribution in [-0.4, -0.2) is 23.4 Å².